The van der Waals surface area contributed by atoms with E-state index in [0.717, 1.165) is 22.9 Å². The van der Waals surface area contributed by atoms with Crippen molar-refractivity contribution in [1.82, 2.24) is 9.88 Å². The number of ether oxygens (including phenoxy) is 1. The summed E-state index contributed by atoms with van der Waals surface area (Å²) in [6.45, 7) is 0.676. The van der Waals surface area contributed by atoms with Gasteiger partial charge in [0.15, 0.2) is 11.5 Å². The Bertz CT molecular complexity index is 1240. The Morgan fingerprint density at radius 3 is 2.58 bits per heavy atom. The summed E-state index contributed by atoms with van der Waals surface area (Å²) < 4.78 is 44.8. The smallest absolute Gasteiger partial charge is 0.326 e. The van der Waals surface area contributed by atoms with E-state index in [9.17, 15) is 42.6 Å². The fourth-order valence-electron chi connectivity index (χ4n) is 3.86. The zero-order chi connectivity index (χ0) is 24.7. The van der Waals surface area contributed by atoms with Crippen LogP contribution in [0.25, 0.3) is 0 Å². The van der Waals surface area contributed by atoms with E-state index in [1.54, 1.807) is 0 Å². The van der Waals surface area contributed by atoms with Crippen LogP contribution in [0.4, 0.5) is 8.78 Å². The number of aromatic nitrogens is 1. The van der Waals surface area contributed by atoms with E-state index in [0.29, 0.717) is 6.07 Å². The third-order valence-corrected chi connectivity index (χ3v) is 6.65. The lowest BCUT2D eigenvalue weighted by molar-refractivity contribution is -0.00760. The number of halogens is 2. The highest BCUT2D eigenvalue weighted by Crippen LogP contribution is 2.47. The normalized spacial score (nSPS) is 20.4. The molecule has 0 bridgehead atoms. The van der Waals surface area contributed by atoms with Crippen molar-refractivity contribution in [3.63, 3.8) is 0 Å². The molecule has 1 aliphatic heterocycles. The van der Waals surface area contributed by atoms with Crippen LogP contribution < -0.4 is 10.7 Å². The molecule has 2 atom stereocenters. The van der Waals surface area contributed by atoms with Crippen molar-refractivity contribution in [2.75, 3.05) is 13.3 Å². The zero-order valence-corrected chi connectivity index (χ0v) is 18.4. The number of methoxy groups -OCH3 is 1. The number of amides is 1. The standard InChI is InChI=1S/C20H21F2N2O8P/c1-20(9-33(29,30)31)14(32-2)8-24-7-12(16(25)17(26)15(24)18(20)27)19(28)23-6-10-3-4-11(21)5-13(10)22/h3-5,7,14,26H,6,8-9H2,1-2H3,(H,23,28)(H2,29,30,31). The zero-order valence-electron chi connectivity index (χ0n) is 17.5. The molecule has 2 aromatic rings. The van der Waals surface area contributed by atoms with Gasteiger partial charge in [-0.3, -0.25) is 18.9 Å². The topological polar surface area (TPSA) is 155 Å². The molecular formula is C20H21F2N2O8P. The van der Waals surface area contributed by atoms with Crippen LogP contribution in [0.1, 0.15) is 33.3 Å². The molecule has 2 unspecified atom stereocenters. The summed E-state index contributed by atoms with van der Waals surface area (Å²) in [6.07, 6.45) is -0.915. The lowest BCUT2D eigenvalue weighted by atomic mass is 9.77. The molecule has 1 amide bonds. The minimum Gasteiger partial charge on any atom is -0.503 e. The number of hydrogen-bond donors (Lipinski definition) is 4. The molecule has 0 aliphatic carbocycles. The molecule has 13 heteroatoms. The number of nitrogens with zero attached hydrogens (tertiary/aromatic N) is 1. The van der Waals surface area contributed by atoms with Crippen LogP contribution in [-0.4, -0.2) is 50.5 Å². The summed E-state index contributed by atoms with van der Waals surface area (Å²) >= 11 is 0. The molecule has 4 N–H and O–H groups in total. The number of Topliss-reactive ketones (excluding diaryl/α,β-unsaturated/α-hetero) is 1. The minimum atomic E-state index is -4.69. The number of rotatable bonds is 6. The molecule has 0 saturated heterocycles. The van der Waals surface area contributed by atoms with E-state index in [2.05, 4.69) is 5.32 Å². The van der Waals surface area contributed by atoms with Gasteiger partial charge in [-0.1, -0.05) is 6.07 Å². The first kappa shape index (κ1) is 24.7. The molecule has 0 fully saturated rings. The van der Waals surface area contributed by atoms with Crippen LogP contribution in [0.5, 0.6) is 5.75 Å². The van der Waals surface area contributed by atoms with Crippen molar-refractivity contribution >= 4 is 19.3 Å². The van der Waals surface area contributed by atoms with Gasteiger partial charge in [0.25, 0.3) is 5.91 Å². The summed E-state index contributed by atoms with van der Waals surface area (Å²) in [7, 11) is -3.45. The monoisotopic (exact) mass is 486 g/mol. The highest BCUT2D eigenvalue weighted by molar-refractivity contribution is 7.51. The van der Waals surface area contributed by atoms with Gasteiger partial charge in [0.2, 0.25) is 5.43 Å². The highest BCUT2D eigenvalue weighted by Gasteiger charge is 2.51. The van der Waals surface area contributed by atoms with Crippen LogP contribution in [0.15, 0.2) is 29.2 Å². The van der Waals surface area contributed by atoms with E-state index in [1.165, 1.54) is 14.0 Å². The van der Waals surface area contributed by atoms with Crippen molar-refractivity contribution in [1.29, 1.82) is 0 Å². The summed E-state index contributed by atoms with van der Waals surface area (Å²) in [5.74, 6) is -4.69. The van der Waals surface area contributed by atoms with Gasteiger partial charge in [-0.15, -0.1) is 0 Å². The van der Waals surface area contributed by atoms with Gasteiger partial charge in [-0.05, 0) is 13.0 Å². The number of pyridine rings is 1. The molecule has 1 aromatic carbocycles. The van der Waals surface area contributed by atoms with E-state index in [1.807, 2.05) is 0 Å². The van der Waals surface area contributed by atoms with Crippen molar-refractivity contribution in [3.05, 3.63) is 63.1 Å². The largest absolute Gasteiger partial charge is 0.503 e. The average molecular weight is 486 g/mol. The third kappa shape index (κ3) is 4.74. The maximum absolute atomic E-state index is 13.8. The lowest BCUT2D eigenvalue weighted by Crippen LogP contribution is -2.51. The Kier molecular flexibility index (Phi) is 6.58. The number of nitrogens with one attached hydrogen (secondary N) is 1. The van der Waals surface area contributed by atoms with E-state index in [-0.39, 0.29) is 18.7 Å². The predicted molar refractivity (Wildman–Crippen MR) is 110 cm³/mol. The number of benzene rings is 1. The van der Waals surface area contributed by atoms with Crippen molar-refractivity contribution < 1.29 is 42.6 Å². The van der Waals surface area contributed by atoms with Crippen LogP contribution in [0.2, 0.25) is 0 Å². The average Bonchev–Trinajstić information content (AvgIpc) is 2.71. The molecule has 3 rings (SSSR count). The molecule has 1 aliphatic rings. The van der Waals surface area contributed by atoms with Crippen LogP contribution in [0, 0.1) is 17.0 Å². The maximum Gasteiger partial charge on any atom is 0.326 e. The van der Waals surface area contributed by atoms with Crippen molar-refractivity contribution in [2.24, 2.45) is 5.41 Å². The Hall–Kier alpha value is -2.92. The molecule has 178 valence electrons. The first-order valence-electron chi connectivity index (χ1n) is 9.59. The fraction of sp³-hybridized carbons (Fsp3) is 0.350. The quantitative estimate of drug-likeness (QED) is 0.444. The van der Waals surface area contributed by atoms with E-state index < -0.39 is 71.0 Å². The molecule has 33 heavy (non-hydrogen) atoms. The summed E-state index contributed by atoms with van der Waals surface area (Å²) in [5.41, 5.74) is -4.05. The second-order valence-corrected chi connectivity index (χ2v) is 9.58. The molecular weight excluding hydrogens is 465 g/mol. The first-order valence-corrected chi connectivity index (χ1v) is 11.4. The SMILES string of the molecule is COC1Cn2cc(C(=O)NCc3ccc(F)cc3F)c(=O)c(O)c2C(=O)C1(C)CP(=O)(O)O. The molecule has 0 spiro atoms. The number of ketones is 1. The molecule has 10 nitrogen and oxygen atoms in total. The minimum absolute atomic E-state index is 0.0464. The number of carbonyl (C=O) groups is 2. The van der Waals surface area contributed by atoms with Crippen LogP contribution in [-0.2, 0) is 22.4 Å². The summed E-state index contributed by atoms with van der Waals surface area (Å²) in [4.78, 5) is 57.1. The van der Waals surface area contributed by atoms with Crippen molar-refractivity contribution in [2.45, 2.75) is 26.1 Å². The van der Waals surface area contributed by atoms with Gasteiger partial charge in [-0.2, -0.15) is 0 Å². The third-order valence-electron chi connectivity index (χ3n) is 5.58. The lowest BCUT2D eigenvalue weighted by Gasteiger charge is -2.40. The van der Waals surface area contributed by atoms with Gasteiger partial charge in [0, 0.05) is 31.5 Å². The van der Waals surface area contributed by atoms with E-state index >= 15 is 0 Å². The molecule has 0 saturated carbocycles. The summed E-state index contributed by atoms with van der Waals surface area (Å²) in [5, 5.41) is 12.7. The maximum atomic E-state index is 13.8. The first-order chi connectivity index (χ1) is 15.3. The van der Waals surface area contributed by atoms with Gasteiger partial charge >= 0.3 is 7.60 Å². The molecule has 1 aromatic heterocycles. The predicted octanol–water partition coefficient (Wildman–Crippen LogP) is 1.16. The van der Waals surface area contributed by atoms with Gasteiger partial charge < -0.3 is 29.5 Å². The molecule has 0 radical (unpaired) electrons. The van der Waals surface area contributed by atoms with Crippen LogP contribution in [0.3, 0.4) is 0 Å². The Balaban J connectivity index is 1.97. The van der Waals surface area contributed by atoms with Gasteiger partial charge in [0.1, 0.15) is 22.9 Å². The number of aromatic hydroxyl groups is 1. The van der Waals surface area contributed by atoms with E-state index in [4.69, 9.17) is 4.74 Å². The Morgan fingerprint density at radius 2 is 2.00 bits per heavy atom. The van der Waals surface area contributed by atoms with Crippen LogP contribution >= 0.6 is 7.60 Å². The van der Waals surface area contributed by atoms with Crippen molar-refractivity contribution in [3.8, 4) is 5.75 Å². The second-order valence-electron chi connectivity index (χ2n) is 7.93. The second kappa shape index (κ2) is 8.79. The van der Waals surface area contributed by atoms with Gasteiger partial charge in [0.05, 0.1) is 24.2 Å². The summed E-state index contributed by atoms with van der Waals surface area (Å²) in [6, 6.07) is 2.74. The van der Waals surface area contributed by atoms with Gasteiger partial charge in [-0.25, -0.2) is 8.78 Å². The molecule has 2 heterocycles. The number of carbonyl (C=O) groups excluding carboxylic acids is 2. The Labute approximate surface area is 186 Å². The highest BCUT2D eigenvalue weighted by atomic mass is 31.2. The number of fused-ring (bicyclic) bond motifs is 1. The fourth-order valence-corrected chi connectivity index (χ4v) is 5.07. The number of hydrogen-bond acceptors (Lipinski definition) is 6. The Morgan fingerprint density at radius 1 is 1.33 bits per heavy atom.